The van der Waals surface area contributed by atoms with Crippen LogP contribution in [0.15, 0.2) is 24.3 Å². The molecule has 1 aromatic carbocycles. The zero-order valence-corrected chi connectivity index (χ0v) is 11.4. The number of benzene rings is 1. The topological polar surface area (TPSA) is 30.5 Å². The third kappa shape index (κ3) is 3.64. The number of rotatable bonds is 4. The predicted octanol–water partition coefficient (Wildman–Crippen LogP) is 3.41. The molecule has 1 saturated heterocycles. The standard InChI is InChI=1S/C14H18F3NO2/c1-9-7-8-12(19-9)13(18-2)10-5-3-4-6-11(10)20-14(15,16)17/h3-6,9,12-13,18H,7-8H2,1-2H3. The van der Waals surface area contributed by atoms with Crippen LogP contribution in [0.1, 0.15) is 31.4 Å². The minimum absolute atomic E-state index is 0.131. The van der Waals surface area contributed by atoms with Gasteiger partial charge < -0.3 is 14.8 Å². The van der Waals surface area contributed by atoms with Gasteiger partial charge in [-0.1, -0.05) is 18.2 Å². The summed E-state index contributed by atoms with van der Waals surface area (Å²) in [5, 5.41) is 3.03. The molecule has 20 heavy (non-hydrogen) atoms. The van der Waals surface area contributed by atoms with E-state index in [2.05, 4.69) is 10.1 Å². The van der Waals surface area contributed by atoms with Gasteiger partial charge in [0.15, 0.2) is 0 Å². The summed E-state index contributed by atoms with van der Waals surface area (Å²) in [6.45, 7) is 1.96. The first-order chi connectivity index (χ1) is 9.40. The van der Waals surface area contributed by atoms with E-state index in [1.54, 1.807) is 19.2 Å². The van der Waals surface area contributed by atoms with Crippen molar-refractivity contribution in [3.8, 4) is 5.75 Å². The lowest BCUT2D eigenvalue weighted by molar-refractivity contribution is -0.275. The molecule has 6 heteroatoms. The maximum absolute atomic E-state index is 12.5. The van der Waals surface area contributed by atoms with Crippen LogP contribution in [-0.2, 0) is 4.74 Å². The Labute approximate surface area is 116 Å². The van der Waals surface area contributed by atoms with Gasteiger partial charge in [-0.05, 0) is 32.9 Å². The number of para-hydroxylation sites is 1. The number of halogens is 3. The second kappa shape index (κ2) is 6.01. The maximum Gasteiger partial charge on any atom is 0.573 e. The van der Waals surface area contributed by atoms with Crippen LogP contribution in [0.3, 0.4) is 0 Å². The van der Waals surface area contributed by atoms with E-state index >= 15 is 0 Å². The molecular formula is C14H18F3NO2. The highest BCUT2D eigenvalue weighted by Gasteiger charge is 2.35. The maximum atomic E-state index is 12.5. The Morgan fingerprint density at radius 3 is 2.55 bits per heavy atom. The molecule has 3 nitrogen and oxygen atoms in total. The molecule has 0 aliphatic carbocycles. The molecule has 1 N–H and O–H groups in total. The summed E-state index contributed by atoms with van der Waals surface area (Å²) in [4.78, 5) is 0. The number of hydrogen-bond acceptors (Lipinski definition) is 3. The minimum atomic E-state index is -4.70. The fourth-order valence-corrected chi connectivity index (χ4v) is 2.58. The predicted molar refractivity (Wildman–Crippen MR) is 68.5 cm³/mol. The van der Waals surface area contributed by atoms with E-state index in [0.717, 1.165) is 12.8 Å². The van der Waals surface area contributed by atoms with Gasteiger partial charge in [-0.25, -0.2) is 0 Å². The monoisotopic (exact) mass is 289 g/mol. The van der Waals surface area contributed by atoms with Gasteiger partial charge in [0, 0.05) is 5.56 Å². The van der Waals surface area contributed by atoms with Gasteiger partial charge >= 0.3 is 6.36 Å². The van der Waals surface area contributed by atoms with Crippen LogP contribution in [0.5, 0.6) is 5.75 Å². The summed E-state index contributed by atoms with van der Waals surface area (Å²) in [6, 6.07) is 5.86. The van der Waals surface area contributed by atoms with Crippen molar-refractivity contribution in [2.75, 3.05) is 7.05 Å². The van der Waals surface area contributed by atoms with Crippen molar-refractivity contribution in [3.63, 3.8) is 0 Å². The first-order valence-electron chi connectivity index (χ1n) is 6.58. The molecular weight excluding hydrogens is 271 g/mol. The Balaban J connectivity index is 2.25. The molecule has 3 atom stereocenters. The van der Waals surface area contributed by atoms with Crippen molar-refractivity contribution in [3.05, 3.63) is 29.8 Å². The first kappa shape index (κ1) is 15.1. The lowest BCUT2D eigenvalue weighted by Gasteiger charge is -2.25. The molecule has 1 aromatic rings. The largest absolute Gasteiger partial charge is 0.573 e. The minimum Gasteiger partial charge on any atom is -0.405 e. The van der Waals surface area contributed by atoms with Crippen LogP contribution >= 0.6 is 0 Å². The van der Waals surface area contributed by atoms with E-state index in [-0.39, 0.29) is 24.0 Å². The van der Waals surface area contributed by atoms with Crippen molar-refractivity contribution in [2.24, 2.45) is 0 Å². The van der Waals surface area contributed by atoms with Gasteiger partial charge in [-0.15, -0.1) is 13.2 Å². The molecule has 0 saturated carbocycles. The lowest BCUT2D eigenvalue weighted by atomic mass is 9.98. The Hall–Kier alpha value is -1.27. The van der Waals surface area contributed by atoms with Gasteiger partial charge in [-0.2, -0.15) is 0 Å². The summed E-state index contributed by atoms with van der Waals surface area (Å²) in [7, 11) is 1.71. The van der Waals surface area contributed by atoms with E-state index in [1.165, 1.54) is 12.1 Å². The Morgan fingerprint density at radius 1 is 1.30 bits per heavy atom. The Kier molecular flexibility index (Phi) is 4.55. The van der Waals surface area contributed by atoms with Gasteiger partial charge in [0.25, 0.3) is 0 Å². The van der Waals surface area contributed by atoms with Crippen molar-refractivity contribution in [2.45, 2.75) is 44.4 Å². The number of ether oxygens (including phenoxy) is 2. The van der Waals surface area contributed by atoms with Crippen LogP contribution in [0.4, 0.5) is 13.2 Å². The van der Waals surface area contributed by atoms with Gasteiger partial charge in [-0.3, -0.25) is 0 Å². The third-order valence-electron chi connectivity index (χ3n) is 3.43. The average molecular weight is 289 g/mol. The number of hydrogen-bond donors (Lipinski definition) is 1. The fraction of sp³-hybridized carbons (Fsp3) is 0.571. The van der Waals surface area contributed by atoms with E-state index in [4.69, 9.17) is 4.74 Å². The van der Waals surface area contributed by atoms with Gasteiger partial charge in [0.2, 0.25) is 0 Å². The number of likely N-dealkylation sites (N-methyl/N-ethyl adjacent to an activating group) is 1. The van der Waals surface area contributed by atoms with Crippen LogP contribution in [0, 0.1) is 0 Å². The Morgan fingerprint density at radius 2 is 2.00 bits per heavy atom. The molecule has 0 spiro atoms. The molecule has 2 rings (SSSR count). The zero-order valence-electron chi connectivity index (χ0n) is 11.4. The molecule has 1 fully saturated rings. The van der Waals surface area contributed by atoms with Gasteiger partial charge in [0.05, 0.1) is 18.2 Å². The van der Waals surface area contributed by atoms with Crippen LogP contribution < -0.4 is 10.1 Å². The normalized spacial score (nSPS) is 24.6. The first-order valence-corrected chi connectivity index (χ1v) is 6.58. The summed E-state index contributed by atoms with van der Waals surface area (Å²) in [5.41, 5.74) is 0.464. The average Bonchev–Trinajstić information content (AvgIpc) is 2.77. The fourth-order valence-electron chi connectivity index (χ4n) is 2.58. The van der Waals surface area contributed by atoms with Crippen molar-refractivity contribution < 1.29 is 22.6 Å². The highest BCUT2D eigenvalue weighted by atomic mass is 19.4. The molecule has 0 bridgehead atoms. The summed E-state index contributed by atoms with van der Waals surface area (Å²) < 4.78 is 47.2. The second-order valence-corrected chi connectivity index (χ2v) is 4.91. The third-order valence-corrected chi connectivity index (χ3v) is 3.43. The zero-order chi connectivity index (χ0) is 14.8. The highest BCUT2D eigenvalue weighted by Crippen LogP contribution is 2.36. The smallest absolute Gasteiger partial charge is 0.405 e. The van der Waals surface area contributed by atoms with E-state index in [0.29, 0.717) is 5.56 Å². The number of nitrogens with one attached hydrogen (secondary N) is 1. The Bertz CT molecular complexity index is 450. The van der Waals surface area contributed by atoms with Gasteiger partial charge in [0.1, 0.15) is 5.75 Å². The quantitative estimate of drug-likeness (QED) is 0.921. The van der Waals surface area contributed by atoms with Crippen LogP contribution in [-0.4, -0.2) is 25.6 Å². The molecule has 1 aliphatic heterocycles. The molecule has 112 valence electrons. The number of alkyl halides is 3. The summed E-state index contributed by atoms with van der Waals surface area (Å²) in [6.07, 6.45) is -2.99. The molecule has 0 radical (unpaired) electrons. The molecule has 1 heterocycles. The van der Waals surface area contributed by atoms with Crippen LogP contribution in [0.25, 0.3) is 0 Å². The summed E-state index contributed by atoms with van der Waals surface area (Å²) in [5.74, 6) is -0.178. The summed E-state index contributed by atoms with van der Waals surface area (Å²) >= 11 is 0. The van der Waals surface area contributed by atoms with Crippen molar-refractivity contribution >= 4 is 0 Å². The highest BCUT2D eigenvalue weighted by molar-refractivity contribution is 5.37. The van der Waals surface area contributed by atoms with E-state index < -0.39 is 6.36 Å². The molecule has 0 aromatic heterocycles. The van der Waals surface area contributed by atoms with E-state index in [1.807, 2.05) is 6.92 Å². The lowest BCUT2D eigenvalue weighted by Crippen LogP contribution is -2.30. The SMILES string of the molecule is CNC(c1ccccc1OC(F)(F)F)C1CCC(C)O1. The molecule has 0 amide bonds. The van der Waals surface area contributed by atoms with Crippen molar-refractivity contribution in [1.82, 2.24) is 5.32 Å². The molecule has 1 aliphatic rings. The van der Waals surface area contributed by atoms with E-state index in [9.17, 15) is 13.2 Å². The van der Waals surface area contributed by atoms with Crippen molar-refractivity contribution in [1.29, 1.82) is 0 Å². The molecule has 3 unspecified atom stereocenters. The van der Waals surface area contributed by atoms with Crippen LogP contribution in [0.2, 0.25) is 0 Å². The second-order valence-electron chi connectivity index (χ2n) is 4.91.